The molecule has 0 aromatic carbocycles. The summed E-state index contributed by atoms with van der Waals surface area (Å²) in [5, 5.41) is 0. The lowest BCUT2D eigenvalue weighted by Gasteiger charge is -2.10. The summed E-state index contributed by atoms with van der Waals surface area (Å²) in [5.74, 6) is 0. The molecule has 0 radical (unpaired) electrons. The molecule has 0 amide bonds. The fourth-order valence-electron chi connectivity index (χ4n) is 1.29. The van der Waals surface area contributed by atoms with E-state index < -0.39 is 6.16 Å². The average Bonchev–Trinajstić information content (AvgIpc) is 2.57. The lowest BCUT2D eigenvalue weighted by atomic mass is 10.3. The van der Waals surface area contributed by atoms with Gasteiger partial charge in [0.25, 0.3) is 6.47 Å². The van der Waals surface area contributed by atoms with Gasteiger partial charge >= 0.3 is 6.16 Å². The Bertz CT molecular complexity index is 173. The summed E-state index contributed by atoms with van der Waals surface area (Å²) in [6, 6.07) is 0. The number of rotatable bonds is 4. The maximum absolute atomic E-state index is 10.8. The normalized spacial score (nSPS) is 16.6. The van der Waals surface area contributed by atoms with E-state index in [2.05, 4.69) is 9.47 Å². The van der Waals surface area contributed by atoms with Crippen molar-refractivity contribution in [3.63, 3.8) is 0 Å². The number of carbonyl (C=O) groups excluding carboxylic acids is 2. The Balaban J connectivity index is 2.05. The van der Waals surface area contributed by atoms with E-state index in [0.717, 1.165) is 25.7 Å². The molecule has 1 saturated carbocycles. The van der Waals surface area contributed by atoms with Crippen molar-refractivity contribution < 1.29 is 23.8 Å². The van der Waals surface area contributed by atoms with Crippen molar-refractivity contribution in [1.29, 1.82) is 0 Å². The number of hydrogen-bond donors (Lipinski definition) is 0. The van der Waals surface area contributed by atoms with Crippen LogP contribution in [0.25, 0.3) is 0 Å². The van der Waals surface area contributed by atoms with Crippen molar-refractivity contribution >= 4 is 12.6 Å². The van der Waals surface area contributed by atoms with Crippen LogP contribution >= 0.6 is 0 Å². The van der Waals surface area contributed by atoms with Crippen LogP contribution in [0.4, 0.5) is 4.79 Å². The summed E-state index contributed by atoms with van der Waals surface area (Å²) < 4.78 is 13.5. The molecule has 5 nitrogen and oxygen atoms in total. The van der Waals surface area contributed by atoms with E-state index in [4.69, 9.17) is 4.74 Å². The first-order valence-corrected chi connectivity index (χ1v) is 4.21. The minimum atomic E-state index is -0.770. The number of hydrogen-bond acceptors (Lipinski definition) is 5. The molecular weight excluding hydrogens is 176 g/mol. The summed E-state index contributed by atoms with van der Waals surface area (Å²) in [5.41, 5.74) is 0. The maximum Gasteiger partial charge on any atom is 0.511 e. The highest BCUT2D eigenvalue weighted by Gasteiger charge is 2.19. The maximum atomic E-state index is 10.8. The van der Waals surface area contributed by atoms with Gasteiger partial charge in [-0.1, -0.05) is 0 Å². The molecule has 13 heavy (non-hydrogen) atoms. The number of carbonyl (C=O) groups is 2. The molecule has 1 fully saturated rings. The molecule has 0 heterocycles. The largest absolute Gasteiger partial charge is 0.511 e. The highest BCUT2D eigenvalue weighted by molar-refractivity contribution is 5.60. The van der Waals surface area contributed by atoms with Crippen molar-refractivity contribution in [3.8, 4) is 0 Å². The summed E-state index contributed by atoms with van der Waals surface area (Å²) in [7, 11) is 0. The van der Waals surface area contributed by atoms with E-state index in [1.807, 2.05) is 0 Å². The molecule has 1 aliphatic rings. The van der Waals surface area contributed by atoms with Crippen molar-refractivity contribution in [1.82, 2.24) is 0 Å². The summed E-state index contributed by atoms with van der Waals surface area (Å²) >= 11 is 0. The molecule has 0 atom stereocenters. The zero-order valence-electron chi connectivity index (χ0n) is 7.23. The average molecular weight is 188 g/mol. The van der Waals surface area contributed by atoms with Gasteiger partial charge in [0.05, 0.1) is 0 Å². The zero-order valence-corrected chi connectivity index (χ0v) is 7.23. The predicted octanol–water partition coefficient (Wildman–Crippen LogP) is 1.21. The Labute approximate surface area is 76.0 Å². The SMILES string of the molecule is O=COCOC(=O)OC1CCCC1. The monoisotopic (exact) mass is 188 g/mol. The van der Waals surface area contributed by atoms with Crippen LogP contribution in [0.2, 0.25) is 0 Å². The molecule has 0 saturated heterocycles. The van der Waals surface area contributed by atoms with E-state index in [0.29, 0.717) is 0 Å². The third-order valence-corrected chi connectivity index (χ3v) is 1.88. The fraction of sp³-hybridized carbons (Fsp3) is 0.750. The quantitative estimate of drug-likeness (QED) is 0.287. The first kappa shape index (κ1) is 9.83. The van der Waals surface area contributed by atoms with Gasteiger partial charge in [0.1, 0.15) is 6.10 Å². The van der Waals surface area contributed by atoms with Crippen LogP contribution in [0.1, 0.15) is 25.7 Å². The second kappa shape index (κ2) is 5.40. The van der Waals surface area contributed by atoms with Crippen LogP contribution in [0.15, 0.2) is 0 Å². The van der Waals surface area contributed by atoms with E-state index >= 15 is 0 Å². The smallest absolute Gasteiger partial charge is 0.431 e. The highest BCUT2D eigenvalue weighted by Crippen LogP contribution is 2.21. The van der Waals surface area contributed by atoms with E-state index in [-0.39, 0.29) is 19.4 Å². The molecule has 0 bridgehead atoms. The van der Waals surface area contributed by atoms with Crippen LogP contribution in [-0.4, -0.2) is 25.5 Å². The summed E-state index contributed by atoms with van der Waals surface area (Å²) in [4.78, 5) is 20.5. The van der Waals surface area contributed by atoms with Crippen LogP contribution in [0.5, 0.6) is 0 Å². The fourth-order valence-corrected chi connectivity index (χ4v) is 1.29. The summed E-state index contributed by atoms with van der Waals surface area (Å²) in [6.07, 6.45) is 3.16. The lowest BCUT2D eigenvalue weighted by molar-refractivity contribution is -0.138. The van der Waals surface area contributed by atoms with Gasteiger partial charge in [-0.3, -0.25) is 4.79 Å². The van der Waals surface area contributed by atoms with E-state index in [9.17, 15) is 9.59 Å². The van der Waals surface area contributed by atoms with Gasteiger partial charge in [0, 0.05) is 0 Å². The van der Waals surface area contributed by atoms with Gasteiger partial charge in [0.2, 0.25) is 6.79 Å². The lowest BCUT2D eigenvalue weighted by Crippen LogP contribution is -2.16. The Hall–Kier alpha value is -1.26. The second-order valence-corrected chi connectivity index (χ2v) is 2.80. The van der Waals surface area contributed by atoms with Gasteiger partial charge < -0.3 is 14.2 Å². The molecule has 1 rings (SSSR count). The second-order valence-electron chi connectivity index (χ2n) is 2.80. The Morgan fingerprint density at radius 3 is 2.69 bits per heavy atom. The van der Waals surface area contributed by atoms with Crippen LogP contribution in [0, 0.1) is 0 Å². The Morgan fingerprint density at radius 1 is 1.38 bits per heavy atom. The highest BCUT2D eigenvalue weighted by atomic mass is 16.8. The molecule has 0 spiro atoms. The molecule has 0 aromatic heterocycles. The van der Waals surface area contributed by atoms with Crippen LogP contribution in [0.3, 0.4) is 0 Å². The first-order chi connectivity index (χ1) is 6.33. The van der Waals surface area contributed by atoms with E-state index in [1.54, 1.807) is 0 Å². The number of ether oxygens (including phenoxy) is 3. The van der Waals surface area contributed by atoms with Crippen molar-refractivity contribution in [2.45, 2.75) is 31.8 Å². The van der Waals surface area contributed by atoms with Crippen molar-refractivity contribution in [2.75, 3.05) is 6.79 Å². The molecule has 0 aliphatic heterocycles. The predicted molar refractivity (Wildman–Crippen MR) is 41.8 cm³/mol. The van der Waals surface area contributed by atoms with Crippen molar-refractivity contribution in [3.05, 3.63) is 0 Å². The summed E-state index contributed by atoms with van der Waals surface area (Å²) in [6.45, 7) is -0.169. The third-order valence-electron chi connectivity index (χ3n) is 1.88. The molecule has 5 heteroatoms. The molecule has 0 aromatic rings. The molecular formula is C8H12O5. The van der Waals surface area contributed by atoms with Gasteiger partial charge in [-0.05, 0) is 25.7 Å². The van der Waals surface area contributed by atoms with Gasteiger partial charge in [-0.2, -0.15) is 0 Å². The zero-order chi connectivity index (χ0) is 9.52. The molecule has 0 N–H and O–H groups in total. The van der Waals surface area contributed by atoms with Gasteiger partial charge in [-0.15, -0.1) is 0 Å². The van der Waals surface area contributed by atoms with Crippen LogP contribution < -0.4 is 0 Å². The molecule has 1 aliphatic carbocycles. The standard InChI is InChI=1S/C8H12O5/c9-5-11-6-12-8(10)13-7-3-1-2-4-7/h5,7H,1-4,6H2. The first-order valence-electron chi connectivity index (χ1n) is 4.21. The van der Waals surface area contributed by atoms with Gasteiger partial charge in [-0.25, -0.2) is 4.79 Å². The Kier molecular flexibility index (Phi) is 4.08. The van der Waals surface area contributed by atoms with Gasteiger partial charge in [0.15, 0.2) is 0 Å². The minimum absolute atomic E-state index is 0.0243. The topological polar surface area (TPSA) is 61.8 Å². The molecule has 0 unspecified atom stereocenters. The minimum Gasteiger partial charge on any atom is -0.431 e. The molecule has 74 valence electrons. The van der Waals surface area contributed by atoms with E-state index in [1.165, 1.54) is 0 Å². The Morgan fingerprint density at radius 2 is 2.08 bits per heavy atom. The van der Waals surface area contributed by atoms with Crippen molar-refractivity contribution in [2.24, 2.45) is 0 Å². The van der Waals surface area contributed by atoms with Crippen LogP contribution in [-0.2, 0) is 19.0 Å². The third kappa shape index (κ3) is 3.78.